The van der Waals surface area contributed by atoms with Crippen LogP contribution in [0.2, 0.25) is 5.02 Å². The van der Waals surface area contributed by atoms with Gasteiger partial charge in [-0.25, -0.2) is 14.4 Å². The molecule has 4 aromatic rings. The number of halogens is 2. The van der Waals surface area contributed by atoms with Gasteiger partial charge >= 0.3 is 0 Å². The van der Waals surface area contributed by atoms with Crippen LogP contribution in [0.25, 0.3) is 0 Å². The smallest absolute Gasteiger partial charge is 0.234 e. The number of rotatable bonds is 6. The molecule has 8 rings (SSSR count). The molecule has 2 amide bonds. The molecular formula is C38H42ClFN8O4S2. The van der Waals surface area contributed by atoms with Crippen LogP contribution in [0.4, 0.5) is 27.4 Å². The first-order valence-corrected chi connectivity index (χ1v) is 19.2. The third-order valence-electron chi connectivity index (χ3n) is 10.3. The Kier molecular flexibility index (Phi) is 11.7. The Labute approximate surface area is 328 Å². The van der Waals surface area contributed by atoms with Gasteiger partial charge in [0.1, 0.15) is 38.4 Å². The zero-order valence-electron chi connectivity index (χ0n) is 30.3. The van der Waals surface area contributed by atoms with Gasteiger partial charge in [-0.2, -0.15) is 0 Å². The Balaban J connectivity index is 0.000000167. The van der Waals surface area contributed by atoms with Crippen LogP contribution in [0, 0.1) is 15.1 Å². The van der Waals surface area contributed by atoms with Gasteiger partial charge in [0.2, 0.25) is 11.8 Å². The highest BCUT2D eigenvalue weighted by atomic mass is 35.5. The Morgan fingerprint density at radius 2 is 1.15 bits per heavy atom. The van der Waals surface area contributed by atoms with Gasteiger partial charge in [0.25, 0.3) is 0 Å². The quantitative estimate of drug-likeness (QED) is 0.248. The van der Waals surface area contributed by atoms with Crippen molar-refractivity contribution in [2.45, 2.75) is 25.7 Å². The van der Waals surface area contributed by atoms with Crippen molar-refractivity contribution >= 4 is 70.9 Å². The summed E-state index contributed by atoms with van der Waals surface area (Å²) in [6.07, 6.45) is 1.63. The van der Waals surface area contributed by atoms with E-state index < -0.39 is 0 Å². The number of hydrogen-bond acceptors (Lipinski definition) is 10. The van der Waals surface area contributed by atoms with Crippen LogP contribution in [-0.2, 0) is 58.8 Å². The van der Waals surface area contributed by atoms with Crippen molar-refractivity contribution < 1.29 is 23.5 Å². The highest BCUT2D eigenvalue weighted by molar-refractivity contribution is 7.71. The third-order valence-corrected chi connectivity index (χ3v) is 11.4. The molecule has 0 radical (unpaired) electrons. The van der Waals surface area contributed by atoms with E-state index in [0.29, 0.717) is 83.1 Å². The van der Waals surface area contributed by atoms with Crippen LogP contribution in [0.1, 0.15) is 22.8 Å². The van der Waals surface area contributed by atoms with Gasteiger partial charge in [0, 0.05) is 87.5 Å². The van der Waals surface area contributed by atoms with Crippen LogP contribution < -0.4 is 19.6 Å². The van der Waals surface area contributed by atoms with Crippen LogP contribution in [0.3, 0.4) is 0 Å². The lowest BCUT2D eigenvalue weighted by atomic mass is 10.1. The van der Waals surface area contributed by atoms with Crippen molar-refractivity contribution in [3.8, 4) is 0 Å². The number of ether oxygens (including phenoxy) is 2. The van der Waals surface area contributed by atoms with E-state index in [2.05, 4.69) is 14.8 Å². The van der Waals surface area contributed by atoms with E-state index in [9.17, 15) is 14.0 Å². The van der Waals surface area contributed by atoms with E-state index >= 15 is 0 Å². The second-order valence-electron chi connectivity index (χ2n) is 13.5. The molecule has 16 heteroatoms. The largest absolute Gasteiger partial charge is 0.378 e. The molecule has 0 spiro atoms. The maximum Gasteiger partial charge on any atom is 0.234 e. The summed E-state index contributed by atoms with van der Waals surface area (Å²) in [5.41, 5.74) is 3.20. The first-order chi connectivity index (χ1) is 26.1. The van der Waals surface area contributed by atoms with Gasteiger partial charge in [0.05, 0.1) is 39.3 Å². The second-order valence-corrected chi connectivity index (χ2v) is 14.7. The number of anilines is 4. The number of aromatic nitrogens is 4. The van der Waals surface area contributed by atoms with E-state index in [4.69, 9.17) is 50.5 Å². The van der Waals surface area contributed by atoms with Gasteiger partial charge in [-0.3, -0.25) is 9.59 Å². The lowest BCUT2D eigenvalue weighted by Crippen LogP contribution is -2.37. The number of carbonyl (C=O) groups excluding carboxylic acids is 2. The molecule has 0 unspecified atom stereocenters. The van der Waals surface area contributed by atoms with Gasteiger partial charge in [0.15, 0.2) is 0 Å². The highest BCUT2D eigenvalue weighted by Crippen LogP contribution is 2.34. The minimum Gasteiger partial charge on any atom is -0.378 e. The zero-order valence-corrected chi connectivity index (χ0v) is 32.7. The van der Waals surface area contributed by atoms with E-state index in [1.807, 2.05) is 49.0 Å². The summed E-state index contributed by atoms with van der Waals surface area (Å²) in [5, 5.41) is 0.716. The lowest BCUT2D eigenvalue weighted by molar-refractivity contribution is -0.118. The Morgan fingerprint density at radius 3 is 1.65 bits per heavy atom. The summed E-state index contributed by atoms with van der Waals surface area (Å²) < 4.78 is 29.6. The third kappa shape index (κ3) is 8.05. The van der Waals surface area contributed by atoms with Crippen molar-refractivity contribution in [2.75, 3.05) is 85.3 Å². The minimum atomic E-state index is -0.256. The van der Waals surface area contributed by atoms with Crippen molar-refractivity contribution in [3.63, 3.8) is 0 Å². The second kappa shape index (κ2) is 16.6. The molecule has 12 nitrogen and oxygen atoms in total. The summed E-state index contributed by atoms with van der Waals surface area (Å²) in [4.78, 5) is 43.1. The Hall–Kier alpha value is -4.28. The molecule has 6 heterocycles. The average Bonchev–Trinajstić information content (AvgIpc) is 3.83. The molecule has 0 aliphatic carbocycles. The number of fused-ring (bicyclic) bond motifs is 2. The molecule has 2 fully saturated rings. The number of carbonyl (C=O) groups is 2. The van der Waals surface area contributed by atoms with Crippen LogP contribution in [-0.4, -0.2) is 96.6 Å². The van der Waals surface area contributed by atoms with Crippen molar-refractivity contribution in [3.05, 3.63) is 91.4 Å². The Bertz CT molecular complexity index is 2030. The van der Waals surface area contributed by atoms with Gasteiger partial charge in [-0.05, 0) is 42.7 Å². The normalized spacial score (nSPS) is 16.5. The predicted molar refractivity (Wildman–Crippen MR) is 212 cm³/mol. The Morgan fingerprint density at radius 1 is 0.704 bits per heavy atom. The fourth-order valence-corrected chi connectivity index (χ4v) is 7.82. The molecule has 0 bridgehead atoms. The van der Waals surface area contributed by atoms with E-state index in [1.54, 1.807) is 26.5 Å². The number of morpholine rings is 2. The lowest BCUT2D eigenvalue weighted by Gasteiger charge is -2.28. The molecule has 284 valence electrons. The molecule has 0 saturated carbocycles. The summed E-state index contributed by atoms with van der Waals surface area (Å²) in [6, 6.07) is 14.3. The number of hydrogen-bond donors (Lipinski definition) is 0. The number of amides is 2. The molecule has 2 aromatic heterocycles. The molecule has 2 saturated heterocycles. The monoisotopic (exact) mass is 792 g/mol. The maximum atomic E-state index is 13.9. The maximum absolute atomic E-state index is 13.9. The number of benzene rings is 2. The summed E-state index contributed by atoms with van der Waals surface area (Å²) >= 11 is 17.2. The predicted octanol–water partition coefficient (Wildman–Crippen LogP) is 5.03. The minimum absolute atomic E-state index is 0.00708. The van der Waals surface area contributed by atoms with Crippen molar-refractivity contribution in [1.29, 1.82) is 0 Å². The molecule has 54 heavy (non-hydrogen) atoms. The molecule has 0 N–H and O–H groups in total. The summed E-state index contributed by atoms with van der Waals surface area (Å²) in [6.45, 7) is 6.85. The van der Waals surface area contributed by atoms with E-state index in [1.165, 1.54) is 6.07 Å². The van der Waals surface area contributed by atoms with E-state index in [0.717, 1.165) is 55.5 Å². The molecule has 4 aliphatic rings. The number of nitrogens with zero attached hydrogens (tertiary/aromatic N) is 8. The standard InChI is InChI=1S/C19H21ClN4O2S.C19H21FN4O2S/c2*1-22-16(21-17(12-19(22)27)23-7-9-26-10-8-23)11-18(25)24-6-5-13-14(20)3-2-4-15(13)24/h2*2-4,12H,5-11H2,1H3. The first-order valence-electron chi connectivity index (χ1n) is 18.0. The highest BCUT2D eigenvalue weighted by Gasteiger charge is 2.29. The average molecular weight is 793 g/mol. The zero-order chi connectivity index (χ0) is 37.9. The molecule has 0 atom stereocenters. The molecular weight excluding hydrogens is 751 g/mol. The van der Waals surface area contributed by atoms with Crippen LogP contribution >= 0.6 is 36.0 Å². The molecule has 4 aliphatic heterocycles. The van der Waals surface area contributed by atoms with Gasteiger partial charge < -0.3 is 38.2 Å². The van der Waals surface area contributed by atoms with Crippen molar-refractivity contribution in [1.82, 2.24) is 19.1 Å². The van der Waals surface area contributed by atoms with Crippen LogP contribution in [0.15, 0.2) is 48.5 Å². The topological polar surface area (TPSA) is 101 Å². The fourth-order valence-electron chi connectivity index (χ4n) is 7.14. The summed E-state index contributed by atoms with van der Waals surface area (Å²) in [5.74, 6) is 2.52. The summed E-state index contributed by atoms with van der Waals surface area (Å²) in [7, 11) is 3.68. The SMILES string of the molecule is Cn1c(CC(=O)N2CCc3c(Cl)cccc32)nc(N2CCOCC2)cc1=S.Cn1c(CC(=O)N2CCc3c(F)cccc32)nc(N2CCOCC2)cc1=S. The van der Waals surface area contributed by atoms with Gasteiger partial charge in [-0.15, -0.1) is 0 Å². The van der Waals surface area contributed by atoms with Crippen LogP contribution in [0.5, 0.6) is 0 Å². The van der Waals surface area contributed by atoms with E-state index in [-0.39, 0.29) is 30.5 Å². The fraction of sp³-hybridized carbons (Fsp3) is 0.421. The first kappa shape index (κ1) is 38.0. The molecule has 2 aromatic carbocycles. The van der Waals surface area contributed by atoms with Crippen molar-refractivity contribution in [2.24, 2.45) is 14.1 Å². The van der Waals surface area contributed by atoms with Gasteiger partial charge in [-0.1, -0.05) is 48.2 Å².